The zero-order chi connectivity index (χ0) is 16.3. The number of halogens is 1. The Hall–Kier alpha value is -2.26. The van der Waals surface area contributed by atoms with Gasteiger partial charge >= 0.3 is 0 Å². The highest BCUT2D eigenvalue weighted by Crippen LogP contribution is 2.35. The molecule has 0 aliphatic carbocycles. The zero-order valence-electron chi connectivity index (χ0n) is 12.7. The second-order valence-electron chi connectivity index (χ2n) is 4.99. The van der Waals surface area contributed by atoms with Crippen LogP contribution in [0.25, 0.3) is 6.08 Å². The summed E-state index contributed by atoms with van der Waals surface area (Å²) >= 11 is 6.06. The van der Waals surface area contributed by atoms with E-state index in [1.165, 1.54) is 13.2 Å². The molecule has 4 heteroatoms. The summed E-state index contributed by atoms with van der Waals surface area (Å²) in [5.74, 6) is -0.00534. The molecule has 2 aromatic rings. The van der Waals surface area contributed by atoms with E-state index in [2.05, 4.69) is 0 Å². The molecule has 0 saturated heterocycles. The Morgan fingerprint density at radius 3 is 2.55 bits per heavy atom. The number of benzene rings is 2. The van der Waals surface area contributed by atoms with Crippen LogP contribution in [0.5, 0.6) is 11.5 Å². The second-order valence-corrected chi connectivity index (χ2v) is 5.39. The Labute approximate surface area is 134 Å². The molecule has 0 unspecified atom stereocenters. The molecule has 0 heterocycles. The standard InChI is InChI=1S/C18H17ClO3/c1-11-10-12(2)18(22-3)16(17(11)21)15(20)9-8-13-6-4-5-7-14(13)19/h4-10,21H,1-3H3/b9-8+. The van der Waals surface area contributed by atoms with E-state index in [-0.39, 0.29) is 17.1 Å². The first kappa shape index (κ1) is 16.1. The van der Waals surface area contributed by atoms with E-state index in [0.29, 0.717) is 16.3 Å². The minimum atomic E-state index is -0.332. The minimum Gasteiger partial charge on any atom is -0.507 e. The van der Waals surface area contributed by atoms with Crippen LogP contribution < -0.4 is 4.74 Å². The molecule has 22 heavy (non-hydrogen) atoms. The highest BCUT2D eigenvalue weighted by Gasteiger charge is 2.19. The van der Waals surface area contributed by atoms with Crippen LogP contribution in [0.1, 0.15) is 27.0 Å². The number of phenolic OH excluding ortho intramolecular Hbond substituents is 1. The van der Waals surface area contributed by atoms with Gasteiger partial charge in [0.1, 0.15) is 17.1 Å². The number of ether oxygens (including phenoxy) is 1. The molecular weight excluding hydrogens is 300 g/mol. The van der Waals surface area contributed by atoms with Gasteiger partial charge in [0.15, 0.2) is 5.78 Å². The highest BCUT2D eigenvalue weighted by atomic mass is 35.5. The quantitative estimate of drug-likeness (QED) is 0.664. The van der Waals surface area contributed by atoms with Gasteiger partial charge in [-0.25, -0.2) is 0 Å². The number of methoxy groups -OCH3 is 1. The maximum absolute atomic E-state index is 12.5. The third-order valence-electron chi connectivity index (χ3n) is 3.40. The van der Waals surface area contributed by atoms with E-state index in [1.54, 1.807) is 25.1 Å². The monoisotopic (exact) mass is 316 g/mol. The lowest BCUT2D eigenvalue weighted by molar-refractivity contribution is 0.104. The average Bonchev–Trinajstić information content (AvgIpc) is 2.49. The number of carbonyl (C=O) groups is 1. The number of hydrogen-bond donors (Lipinski definition) is 1. The van der Waals surface area contributed by atoms with Crippen molar-refractivity contribution in [3.05, 3.63) is 63.7 Å². The number of rotatable bonds is 4. The fourth-order valence-corrected chi connectivity index (χ4v) is 2.51. The van der Waals surface area contributed by atoms with Crippen molar-refractivity contribution in [1.29, 1.82) is 0 Å². The predicted molar refractivity (Wildman–Crippen MR) is 88.9 cm³/mol. The normalized spacial score (nSPS) is 10.9. The molecule has 0 bridgehead atoms. The molecule has 0 aliphatic rings. The second kappa shape index (κ2) is 6.67. The van der Waals surface area contributed by atoms with Crippen LogP contribution in [0.15, 0.2) is 36.4 Å². The Kier molecular flexibility index (Phi) is 4.88. The minimum absolute atomic E-state index is 0.0590. The van der Waals surface area contributed by atoms with Crippen molar-refractivity contribution in [2.45, 2.75) is 13.8 Å². The smallest absolute Gasteiger partial charge is 0.193 e. The lowest BCUT2D eigenvalue weighted by Crippen LogP contribution is -2.03. The Morgan fingerprint density at radius 1 is 1.23 bits per heavy atom. The molecule has 0 aliphatic heterocycles. The summed E-state index contributed by atoms with van der Waals surface area (Å²) in [7, 11) is 1.48. The maximum atomic E-state index is 12.5. The summed E-state index contributed by atoms with van der Waals surface area (Å²) in [5, 5.41) is 10.8. The molecule has 2 rings (SSSR count). The van der Waals surface area contributed by atoms with Gasteiger partial charge in [-0.3, -0.25) is 4.79 Å². The van der Waals surface area contributed by atoms with Gasteiger partial charge in [-0.1, -0.05) is 29.8 Å². The van der Waals surface area contributed by atoms with Crippen LogP contribution in [-0.4, -0.2) is 18.0 Å². The fraction of sp³-hybridized carbons (Fsp3) is 0.167. The number of phenols is 1. The van der Waals surface area contributed by atoms with Gasteiger partial charge in [-0.05, 0) is 54.8 Å². The SMILES string of the molecule is COc1c(C)cc(C)c(O)c1C(=O)/C=C/c1ccccc1Cl. The summed E-state index contributed by atoms with van der Waals surface area (Å²) in [6.45, 7) is 3.58. The van der Waals surface area contributed by atoms with Crippen molar-refractivity contribution in [2.24, 2.45) is 0 Å². The first-order valence-electron chi connectivity index (χ1n) is 6.79. The van der Waals surface area contributed by atoms with Gasteiger partial charge in [0.2, 0.25) is 0 Å². The van der Waals surface area contributed by atoms with Crippen molar-refractivity contribution in [2.75, 3.05) is 7.11 Å². The van der Waals surface area contributed by atoms with Gasteiger partial charge in [0.25, 0.3) is 0 Å². The molecule has 0 saturated carbocycles. The van der Waals surface area contributed by atoms with E-state index >= 15 is 0 Å². The van der Waals surface area contributed by atoms with Crippen molar-refractivity contribution in [3.63, 3.8) is 0 Å². The van der Waals surface area contributed by atoms with Gasteiger partial charge in [-0.2, -0.15) is 0 Å². The fourth-order valence-electron chi connectivity index (χ4n) is 2.31. The molecular formula is C18H17ClO3. The third kappa shape index (κ3) is 3.15. The van der Waals surface area contributed by atoms with Crippen LogP contribution in [0.2, 0.25) is 5.02 Å². The van der Waals surface area contributed by atoms with Crippen LogP contribution in [0.4, 0.5) is 0 Å². The molecule has 0 spiro atoms. The van der Waals surface area contributed by atoms with Gasteiger partial charge in [0, 0.05) is 5.02 Å². The summed E-state index contributed by atoms with van der Waals surface area (Å²) in [4.78, 5) is 12.5. The molecule has 1 N–H and O–H groups in total. The van der Waals surface area contributed by atoms with Crippen molar-refractivity contribution in [3.8, 4) is 11.5 Å². The highest BCUT2D eigenvalue weighted by molar-refractivity contribution is 6.32. The van der Waals surface area contributed by atoms with Crippen LogP contribution in [-0.2, 0) is 0 Å². The van der Waals surface area contributed by atoms with E-state index in [0.717, 1.165) is 11.1 Å². The molecule has 0 aromatic heterocycles. The maximum Gasteiger partial charge on any atom is 0.193 e. The summed E-state index contributed by atoms with van der Waals surface area (Å²) < 4.78 is 5.27. The van der Waals surface area contributed by atoms with Gasteiger partial charge in [-0.15, -0.1) is 0 Å². The summed E-state index contributed by atoms with van der Waals surface area (Å²) in [5.41, 5.74) is 2.34. The molecule has 3 nitrogen and oxygen atoms in total. The van der Waals surface area contributed by atoms with Crippen LogP contribution >= 0.6 is 11.6 Å². The molecule has 114 valence electrons. The zero-order valence-corrected chi connectivity index (χ0v) is 13.4. The number of aryl methyl sites for hydroxylation is 2. The third-order valence-corrected chi connectivity index (χ3v) is 3.74. The van der Waals surface area contributed by atoms with Crippen molar-refractivity contribution >= 4 is 23.5 Å². The summed E-state index contributed by atoms with van der Waals surface area (Å²) in [6, 6.07) is 9.00. The first-order valence-corrected chi connectivity index (χ1v) is 7.17. The Morgan fingerprint density at radius 2 is 1.91 bits per heavy atom. The topological polar surface area (TPSA) is 46.5 Å². The summed E-state index contributed by atoms with van der Waals surface area (Å²) in [6.07, 6.45) is 3.01. The van der Waals surface area contributed by atoms with Gasteiger partial charge < -0.3 is 9.84 Å². The number of aromatic hydroxyl groups is 1. The van der Waals surface area contributed by atoms with Crippen molar-refractivity contribution < 1.29 is 14.6 Å². The molecule has 2 aromatic carbocycles. The van der Waals surface area contributed by atoms with E-state index in [1.807, 2.05) is 25.1 Å². The van der Waals surface area contributed by atoms with E-state index < -0.39 is 0 Å². The van der Waals surface area contributed by atoms with Gasteiger partial charge in [0.05, 0.1) is 7.11 Å². The van der Waals surface area contributed by atoms with E-state index in [4.69, 9.17) is 16.3 Å². The number of hydrogen-bond acceptors (Lipinski definition) is 3. The number of allylic oxidation sites excluding steroid dienone is 1. The van der Waals surface area contributed by atoms with Crippen LogP contribution in [0, 0.1) is 13.8 Å². The largest absolute Gasteiger partial charge is 0.507 e. The first-order chi connectivity index (χ1) is 10.5. The average molecular weight is 317 g/mol. The molecule has 0 radical (unpaired) electrons. The Balaban J connectivity index is 2.44. The lowest BCUT2D eigenvalue weighted by atomic mass is 10.00. The Bertz CT molecular complexity index is 748. The van der Waals surface area contributed by atoms with Crippen LogP contribution in [0.3, 0.4) is 0 Å². The predicted octanol–water partition coefficient (Wildman–Crippen LogP) is 4.57. The number of ketones is 1. The lowest BCUT2D eigenvalue weighted by Gasteiger charge is -2.13. The van der Waals surface area contributed by atoms with Crippen molar-refractivity contribution in [1.82, 2.24) is 0 Å². The molecule has 0 fully saturated rings. The van der Waals surface area contributed by atoms with E-state index in [9.17, 15) is 9.90 Å². The molecule has 0 atom stereocenters. The molecule has 0 amide bonds. The number of carbonyl (C=O) groups excluding carboxylic acids is 1.